The van der Waals surface area contributed by atoms with E-state index in [1.165, 1.54) is 19.4 Å². The number of aromatic nitrogens is 2. The summed E-state index contributed by atoms with van der Waals surface area (Å²) in [4.78, 5) is 92.1. The topological polar surface area (TPSA) is 366 Å². The van der Waals surface area contributed by atoms with E-state index >= 15 is 0 Å². The number of carbonyl (C=O) groups is 6. The summed E-state index contributed by atoms with van der Waals surface area (Å²) in [7, 11) is 0. The van der Waals surface area contributed by atoms with Gasteiger partial charge in [-0.3, -0.25) is 34.0 Å². The first-order chi connectivity index (χ1) is 24.4. The number of amides is 5. The lowest BCUT2D eigenvalue weighted by Crippen LogP contribution is -2.60. The van der Waals surface area contributed by atoms with E-state index in [9.17, 15) is 33.9 Å². The number of H-pyrrole nitrogens is 1. The molecule has 22 heteroatoms. The molecule has 6 unspecified atom stereocenters. The van der Waals surface area contributed by atoms with Crippen LogP contribution in [0.1, 0.15) is 58.6 Å². The third-order valence-electron chi connectivity index (χ3n) is 7.38. The summed E-state index contributed by atoms with van der Waals surface area (Å²) in [5, 5.41) is 22.3. The monoisotopic (exact) mass is 754 g/mol. The van der Waals surface area contributed by atoms with E-state index in [1.807, 2.05) is 13.8 Å². The zero-order valence-electron chi connectivity index (χ0n) is 29.6. The number of carboxylic acids is 1. The van der Waals surface area contributed by atoms with Crippen molar-refractivity contribution in [1.29, 1.82) is 0 Å². The molecule has 5 amide bonds. The lowest BCUT2D eigenvalue weighted by Gasteiger charge is -2.26. The van der Waals surface area contributed by atoms with Crippen LogP contribution in [0.5, 0.6) is 0 Å². The van der Waals surface area contributed by atoms with Crippen LogP contribution in [0.4, 0.5) is 0 Å². The summed E-state index contributed by atoms with van der Waals surface area (Å²) < 4.78 is 0. The highest BCUT2D eigenvalue weighted by Gasteiger charge is 2.32. The number of hydrogen-bond donors (Lipinski definition) is 13. The lowest BCUT2D eigenvalue weighted by atomic mass is 10.0. The van der Waals surface area contributed by atoms with Gasteiger partial charge in [0.25, 0.3) is 0 Å². The molecule has 0 aliphatic carbocycles. The fraction of sp³-hybridized carbons (Fsp3) is 0.633. The molecule has 1 aromatic rings. The van der Waals surface area contributed by atoms with Crippen LogP contribution in [-0.4, -0.2) is 118 Å². The maximum atomic E-state index is 13.5. The fourth-order valence-corrected chi connectivity index (χ4v) is 4.89. The minimum Gasteiger partial charge on any atom is -0.480 e. The second-order valence-electron chi connectivity index (χ2n) is 12.4. The van der Waals surface area contributed by atoms with E-state index in [2.05, 4.69) is 59.2 Å². The number of aliphatic imine (C=N–C) groups is 2. The molecule has 0 bridgehead atoms. The Morgan fingerprint density at radius 1 is 0.769 bits per heavy atom. The van der Waals surface area contributed by atoms with Crippen molar-refractivity contribution in [2.24, 2.45) is 44.6 Å². The number of carboxylic acid groups (broad SMARTS) is 1. The van der Waals surface area contributed by atoms with Crippen LogP contribution >= 0.6 is 12.6 Å². The Morgan fingerprint density at radius 3 is 1.81 bits per heavy atom. The van der Waals surface area contributed by atoms with Gasteiger partial charge in [-0.15, -0.1) is 0 Å². The van der Waals surface area contributed by atoms with Gasteiger partial charge in [0.15, 0.2) is 11.9 Å². The maximum absolute atomic E-state index is 13.5. The standard InChI is InChI=1S/C30H54N14O7S/c1-15(2)10-20(25(47)41-19(28(50)51)7-5-9-38-30(34)35)43-27(49)22(13-52)44-26(48)21(11-17-12-36-14-39-17)42-23(45)16(3)40-24(46)18(31)6-4-8-37-29(32)33/h12,14-16,18-22,52H,4-11,13,31H2,1-3H3,(H,36,39)(H,40,46)(H,41,47)(H,42,45)(H,43,49)(H,44,48)(H,50,51)(H4,32,33,37)(H4,34,35,38). The Bertz CT molecular complexity index is 1380. The van der Waals surface area contributed by atoms with Gasteiger partial charge < -0.3 is 65.3 Å². The van der Waals surface area contributed by atoms with Crippen molar-refractivity contribution < 1.29 is 33.9 Å². The quantitative estimate of drug-likeness (QED) is 0.0207. The van der Waals surface area contributed by atoms with Crippen LogP contribution in [0, 0.1) is 5.92 Å². The molecule has 52 heavy (non-hydrogen) atoms. The van der Waals surface area contributed by atoms with Gasteiger partial charge in [-0.2, -0.15) is 12.6 Å². The van der Waals surface area contributed by atoms with Crippen molar-refractivity contribution in [2.75, 3.05) is 18.8 Å². The van der Waals surface area contributed by atoms with E-state index in [0.717, 1.165) is 0 Å². The van der Waals surface area contributed by atoms with Gasteiger partial charge in [0.1, 0.15) is 30.2 Å². The number of carbonyl (C=O) groups excluding carboxylic acids is 5. The number of nitrogens with zero attached hydrogens (tertiary/aromatic N) is 3. The molecule has 1 aromatic heterocycles. The summed E-state index contributed by atoms with van der Waals surface area (Å²) in [6.45, 7) is 5.46. The molecule has 0 saturated carbocycles. The minimum atomic E-state index is -1.28. The molecule has 0 radical (unpaired) electrons. The second kappa shape index (κ2) is 23.4. The highest BCUT2D eigenvalue weighted by molar-refractivity contribution is 7.80. The number of imidazole rings is 1. The van der Waals surface area contributed by atoms with Crippen molar-refractivity contribution >= 4 is 60.1 Å². The minimum absolute atomic E-state index is 0.0226. The van der Waals surface area contributed by atoms with Gasteiger partial charge >= 0.3 is 5.97 Å². The van der Waals surface area contributed by atoms with Crippen LogP contribution in [-0.2, 0) is 35.2 Å². The predicted octanol–water partition coefficient (Wildman–Crippen LogP) is -4.11. The largest absolute Gasteiger partial charge is 0.480 e. The average Bonchev–Trinajstić information content (AvgIpc) is 3.58. The van der Waals surface area contributed by atoms with Crippen LogP contribution in [0.2, 0.25) is 0 Å². The normalized spacial score (nSPS) is 14.3. The van der Waals surface area contributed by atoms with Gasteiger partial charge in [0.2, 0.25) is 29.5 Å². The van der Waals surface area contributed by atoms with E-state index in [4.69, 9.17) is 28.7 Å². The number of aromatic amines is 1. The predicted molar refractivity (Wildman–Crippen MR) is 196 cm³/mol. The number of rotatable bonds is 24. The Kier molecular flexibility index (Phi) is 20.2. The molecule has 6 atom stereocenters. The number of nitrogens with one attached hydrogen (secondary N) is 6. The van der Waals surface area contributed by atoms with Crippen molar-refractivity contribution in [3.05, 3.63) is 18.2 Å². The number of hydrogen-bond acceptors (Lipinski definition) is 11. The lowest BCUT2D eigenvalue weighted by molar-refractivity contribution is -0.142. The molecule has 0 aliphatic rings. The third kappa shape index (κ3) is 17.7. The maximum Gasteiger partial charge on any atom is 0.326 e. The zero-order valence-corrected chi connectivity index (χ0v) is 30.5. The second-order valence-corrected chi connectivity index (χ2v) is 12.8. The highest BCUT2D eigenvalue weighted by atomic mass is 32.1. The van der Waals surface area contributed by atoms with Crippen LogP contribution in [0.25, 0.3) is 0 Å². The molecule has 1 rings (SSSR count). The van der Waals surface area contributed by atoms with E-state index in [1.54, 1.807) is 0 Å². The van der Waals surface area contributed by atoms with Gasteiger partial charge in [-0.25, -0.2) is 9.78 Å². The summed E-state index contributed by atoms with van der Waals surface area (Å²) in [6, 6.07) is -7.01. The molecule has 1 heterocycles. The number of nitrogens with two attached hydrogens (primary N) is 5. The molecule has 0 fully saturated rings. The number of thiol groups is 1. The summed E-state index contributed by atoms with van der Waals surface area (Å²) in [5.74, 6) is -5.42. The van der Waals surface area contributed by atoms with Crippen LogP contribution in [0.3, 0.4) is 0 Å². The van der Waals surface area contributed by atoms with Gasteiger partial charge in [-0.1, -0.05) is 13.8 Å². The van der Waals surface area contributed by atoms with Crippen molar-refractivity contribution in [3.63, 3.8) is 0 Å². The molecule has 292 valence electrons. The molecular formula is C30H54N14O7S. The molecule has 0 aromatic carbocycles. The summed E-state index contributed by atoms with van der Waals surface area (Å²) in [5.41, 5.74) is 27.6. The third-order valence-corrected chi connectivity index (χ3v) is 7.75. The van der Waals surface area contributed by atoms with Gasteiger partial charge in [0.05, 0.1) is 12.4 Å². The molecule has 0 saturated heterocycles. The smallest absolute Gasteiger partial charge is 0.326 e. The molecular weight excluding hydrogens is 700 g/mol. The molecule has 17 N–H and O–H groups in total. The van der Waals surface area contributed by atoms with Crippen molar-refractivity contribution in [1.82, 2.24) is 36.6 Å². The van der Waals surface area contributed by atoms with Crippen LogP contribution < -0.4 is 55.3 Å². The zero-order chi connectivity index (χ0) is 39.4. The first-order valence-corrected chi connectivity index (χ1v) is 17.3. The molecule has 21 nitrogen and oxygen atoms in total. The molecule has 0 spiro atoms. The highest BCUT2D eigenvalue weighted by Crippen LogP contribution is 2.09. The number of aliphatic carboxylic acids is 1. The van der Waals surface area contributed by atoms with Crippen molar-refractivity contribution in [2.45, 2.75) is 95.5 Å². The number of guanidine groups is 2. The Labute approximate surface area is 307 Å². The summed E-state index contributed by atoms with van der Waals surface area (Å²) in [6.07, 6.45) is 3.86. The van der Waals surface area contributed by atoms with Crippen LogP contribution in [0.15, 0.2) is 22.5 Å². The van der Waals surface area contributed by atoms with Gasteiger partial charge in [-0.05, 0) is 44.9 Å². The van der Waals surface area contributed by atoms with Gasteiger partial charge in [0, 0.05) is 37.2 Å². The Hall–Kier alpha value is -5.12. The molecule has 0 aliphatic heterocycles. The van der Waals surface area contributed by atoms with E-state index < -0.39 is 71.8 Å². The summed E-state index contributed by atoms with van der Waals surface area (Å²) >= 11 is 4.21. The SMILES string of the molecule is CC(C)CC(NC(=O)C(CS)NC(=O)C(Cc1cnc[nH]1)NC(=O)C(C)NC(=O)C(N)CCCN=C(N)N)C(=O)NC(CCCN=C(N)N)C(=O)O. The van der Waals surface area contributed by atoms with Crippen molar-refractivity contribution in [3.8, 4) is 0 Å². The fourth-order valence-electron chi connectivity index (χ4n) is 4.63. The average molecular weight is 755 g/mol. The Morgan fingerprint density at radius 2 is 1.29 bits per heavy atom. The van der Waals surface area contributed by atoms with E-state index in [-0.39, 0.29) is 68.8 Å². The Balaban J connectivity index is 3.01. The first kappa shape index (κ1) is 44.9. The first-order valence-electron chi connectivity index (χ1n) is 16.6. The van der Waals surface area contributed by atoms with E-state index in [0.29, 0.717) is 12.1 Å².